The van der Waals surface area contributed by atoms with E-state index in [0.29, 0.717) is 12.8 Å². The van der Waals surface area contributed by atoms with Gasteiger partial charge in [0, 0.05) is 18.5 Å². The van der Waals surface area contributed by atoms with Crippen molar-refractivity contribution in [2.24, 2.45) is 5.73 Å². The largest absolute Gasteiger partial charge is 0.350 e. The van der Waals surface area contributed by atoms with Crippen molar-refractivity contribution in [3.05, 3.63) is 0 Å². The van der Waals surface area contributed by atoms with Crippen molar-refractivity contribution in [2.45, 2.75) is 37.4 Å². The highest BCUT2D eigenvalue weighted by molar-refractivity contribution is 5.91. The molecule has 1 aliphatic heterocycles. The standard InChI is InChI=1S/C8H13N3O2/c9-4-3-6(4)11-8(13)5-1-2-7(12)10-5/h4-6H,1-3,9H2,(H,10,12)(H,11,13)/t4?,5-,6?/m0/s1. The van der Waals surface area contributed by atoms with Gasteiger partial charge in [-0.2, -0.15) is 0 Å². The van der Waals surface area contributed by atoms with Crippen molar-refractivity contribution in [3.63, 3.8) is 0 Å². The van der Waals surface area contributed by atoms with Gasteiger partial charge in [0.1, 0.15) is 6.04 Å². The Morgan fingerprint density at radius 3 is 2.77 bits per heavy atom. The molecule has 2 amide bonds. The molecule has 1 heterocycles. The van der Waals surface area contributed by atoms with E-state index in [2.05, 4.69) is 10.6 Å². The second-order valence-corrected chi connectivity index (χ2v) is 3.67. The molecule has 1 saturated heterocycles. The van der Waals surface area contributed by atoms with Crippen LogP contribution in [0.2, 0.25) is 0 Å². The Balaban J connectivity index is 1.80. The van der Waals surface area contributed by atoms with Gasteiger partial charge in [-0.1, -0.05) is 0 Å². The maximum absolute atomic E-state index is 11.4. The lowest BCUT2D eigenvalue weighted by atomic mass is 10.2. The Hall–Kier alpha value is -1.10. The fourth-order valence-corrected chi connectivity index (χ4v) is 1.47. The highest BCUT2D eigenvalue weighted by Gasteiger charge is 2.37. The zero-order valence-corrected chi connectivity index (χ0v) is 7.25. The number of hydrogen-bond acceptors (Lipinski definition) is 3. The van der Waals surface area contributed by atoms with Crippen molar-refractivity contribution in [2.75, 3.05) is 0 Å². The van der Waals surface area contributed by atoms with Gasteiger partial charge in [0.25, 0.3) is 0 Å². The van der Waals surface area contributed by atoms with Gasteiger partial charge in [0.2, 0.25) is 11.8 Å². The highest BCUT2D eigenvalue weighted by atomic mass is 16.2. The lowest BCUT2D eigenvalue weighted by Crippen LogP contribution is -2.43. The summed E-state index contributed by atoms with van der Waals surface area (Å²) in [6.07, 6.45) is 1.91. The van der Waals surface area contributed by atoms with Gasteiger partial charge in [-0.15, -0.1) is 0 Å². The van der Waals surface area contributed by atoms with E-state index in [9.17, 15) is 9.59 Å². The predicted octanol–water partition coefficient (Wildman–Crippen LogP) is -1.52. The van der Waals surface area contributed by atoms with E-state index < -0.39 is 0 Å². The molecule has 5 nitrogen and oxygen atoms in total. The fourth-order valence-electron chi connectivity index (χ4n) is 1.47. The molecule has 2 unspecified atom stereocenters. The second kappa shape index (κ2) is 2.99. The monoisotopic (exact) mass is 183 g/mol. The topological polar surface area (TPSA) is 84.2 Å². The minimum absolute atomic E-state index is 0.0414. The lowest BCUT2D eigenvalue weighted by molar-refractivity contribution is -0.125. The molecule has 0 aromatic heterocycles. The Kier molecular flexibility index (Phi) is 1.95. The molecule has 13 heavy (non-hydrogen) atoms. The number of rotatable bonds is 2. The van der Waals surface area contributed by atoms with Crippen molar-refractivity contribution in [1.82, 2.24) is 10.6 Å². The van der Waals surface area contributed by atoms with Crippen molar-refractivity contribution in [3.8, 4) is 0 Å². The molecule has 2 rings (SSSR count). The van der Waals surface area contributed by atoms with E-state index in [4.69, 9.17) is 5.73 Å². The van der Waals surface area contributed by atoms with Crippen LogP contribution in [0.4, 0.5) is 0 Å². The molecule has 2 aliphatic rings. The number of carbonyl (C=O) groups excluding carboxylic acids is 2. The van der Waals surface area contributed by atoms with Crippen molar-refractivity contribution in [1.29, 1.82) is 0 Å². The number of hydrogen-bond donors (Lipinski definition) is 3. The van der Waals surface area contributed by atoms with Gasteiger partial charge in [-0.3, -0.25) is 9.59 Å². The molecule has 2 fully saturated rings. The molecule has 3 atom stereocenters. The predicted molar refractivity (Wildman–Crippen MR) is 45.7 cm³/mol. The molecular weight excluding hydrogens is 170 g/mol. The highest BCUT2D eigenvalue weighted by Crippen LogP contribution is 2.18. The number of carbonyl (C=O) groups is 2. The van der Waals surface area contributed by atoms with Crippen LogP contribution in [-0.4, -0.2) is 29.9 Å². The normalized spacial score (nSPS) is 37.0. The summed E-state index contributed by atoms with van der Waals surface area (Å²) in [6, 6.07) is -0.0913. The zero-order valence-electron chi connectivity index (χ0n) is 7.25. The summed E-state index contributed by atoms with van der Waals surface area (Å²) in [6.45, 7) is 0. The van der Waals surface area contributed by atoms with Crippen LogP contribution in [0.15, 0.2) is 0 Å². The Bertz CT molecular complexity index is 254. The molecular formula is C8H13N3O2. The quantitative estimate of drug-likeness (QED) is 0.486. The van der Waals surface area contributed by atoms with E-state index in [1.807, 2.05) is 0 Å². The van der Waals surface area contributed by atoms with Gasteiger partial charge in [-0.25, -0.2) is 0 Å². The molecule has 72 valence electrons. The molecule has 0 aromatic rings. The van der Waals surface area contributed by atoms with Gasteiger partial charge < -0.3 is 16.4 Å². The van der Waals surface area contributed by atoms with Crippen LogP contribution >= 0.6 is 0 Å². The first kappa shape index (κ1) is 8.50. The Labute approximate surface area is 76.0 Å². The van der Waals surface area contributed by atoms with Crippen LogP contribution in [0.3, 0.4) is 0 Å². The molecule has 0 bridgehead atoms. The van der Waals surface area contributed by atoms with Crippen LogP contribution in [-0.2, 0) is 9.59 Å². The average molecular weight is 183 g/mol. The summed E-state index contributed by atoms with van der Waals surface area (Å²) in [5.41, 5.74) is 5.54. The summed E-state index contributed by atoms with van der Waals surface area (Å²) in [5, 5.41) is 5.40. The molecule has 1 saturated carbocycles. The van der Waals surface area contributed by atoms with E-state index in [1.165, 1.54) is 0 Å². The summed E-state index contributed by atoms with van der Waals surface area (Å²) < 4.78 is 0. The number of nitrogens with two attached hydrogens (primary N) is 1. The molecule has 1 aliphatic carbocycles. The summed E-state index contributed by atoms with van der Waals surface area (Å²) in [5.74, 6) is -0.135. The van der Waals surface area contributed by atoms with E-state index in [0.717, 1.165) is 6.42 Å². The second-order valence-electron chi connectivity index (χ2n) is 3.67. The Morgan fingerprint density at radius 2 is 2.31 bits per heavy atom. The molecule has 4 N–H and O–H groups in total. The van der Waals surface area contributed by atoms with Gasteiger partial charge in [0.05, 0.1) is 0 Å². The molecule has 0 radical (unpaired) electrons. The van der Waals surface area contributed by atoms with E-state index >= 15 is 0 Å². The third-order valence-corrected chi connectivity index (χ3v) is 2.48. The first-order valence-corrected chi connectivity index (χ1v) is 4.52. The summed E-state index contributed by atoms with van der Waals surface area (Å²) in [4.78, 5) is 22.2. The van der Waals surface area contributed by atoms with Crippen LogP contribution in [0.5, 0.6) is 0 Å². The zero-order chi connectivity index (χ0) is 9.42. The summed E-state index contributed by atoms with van der Waals surface area (Å²) >= 11 is 0. The third-order valence-electron chi connectivity index (χ3n) is 2.48. The first-order valence-electron chi connectivity index (χ1n) is 4.52. The van der Waals surface area contributed by atoms with Crippen molar-refractivity contribution < 1.29 is 9.59 Å². The van der Waals surface area contributed by atoms with Crippen LogP contribution in [0, 0.1) is 0 Å². The molecule has 0 spiro atoms. The minimum atomic E-state index is -0.333. The SMILES string of the molecule is NC1CC1NC(=O)[C@@H]1CCC(=O)N1. The summed E-state index contributed by atoms with van der Waals surface area (Å²) in [7, 11) is 0. The Morgan fingerprint density at radius 1 is 1.62 bits per heavy atom. The number of nitrogens with one attached hydrogen (secondary N) is 2. The smallest absolute Gasteiger partial charge is 0.242 e. The van der Waals surface area contributed by atoms with E-state index in [1.54, 1.807) is 0 Å². The molecule has 0 aromatic carbocycles. The minimum Gasteiger partial charge on any atom is -0.350 e. The van der Waals surface area contributed by atoms with Crippen LogP contribution in [0.25, 0.3) is 0 Å². The fraction of sp³-hybridized carbons (Fsp3) is 0.750. The van der Waals surface area contributed by atoms with E-state index in [-0.39, 0.29) is 29.9 Å². The van der Waals surface area contributed by atoms with Gasteiger partial charge in [0.15, 0.2) is 0 Å². The third kappa shape index (κ3) is 1.80. The van der Waals surface area contributed by atoms with Crippen molar-refractivity contribution >= 4 is 11.8 Å². The lowest BCUT2D eigenvalue weighted by Gasteiger charge is -2.09. The van der Waals surface area contributed by atoms with Crippen LogP contribution < -0.4 is 16.4 Å². The maximum atomic E-state index is 11.4. The number of amides is 2. The first-order chi connectivity index (χ1) is 6.16. The molecule has 5 heteroatoms. The van der Waals surface area contributed by atoms with Gasteiger partial charge >= 0.3 is 0 Å². The van der Waals surface area contributed by atoms with Crippen LogP contribution in [0.1, 0.15) is 19.3 Å². The van der Waals surface area contributed by atoms with Gasteiger partial charge in [-0.05, 0) is 12.8 Å². The average Bonchev–Trinajstić information content (AvgIpc) is 2.62. The maximum Gasteiger partial charge on any atom is 0.242 e.